The van der Waals surface area contributed by atoms with Crippen molar-refractivity contribution in [2.45, 2.75) is 18.3 Å². The van der Waals surface area contributed by atoms with E-state index in [2.05, 4.69) is 5.32 Å². The quantitative estimate of drug-likeness (QED) is 0.696. The van der Waals surface area contributed by atoms with Crippen molar-refractivity contribution in [3.8, 4) is 0 Å². The van der Waals surface area contributed by atoms with Gasteiger partial charge in [-0.05, 0) is 31.5 Å². The van der Waals surface area contributed by atoms with Gasteiger partial charge in [0.1, 0.15) is 0 Å². The second kappa shape index (κ2) is 7.54. The third-order valence-electron chi connectivity index (χ3n) is 4.22. The van der Waals surface area contributed by atoms with Crippen molar-refractivity contribution < 1.29 is 15.0 Å². The Morgan fingerprint density at radius 3 is 2.19 bits per heavy atom. The molecule has 1 heterocycles. The number of hydrogen-bond donors (Lipinski definition) is 3. The highest BCUT2D eigenvalue weighted by Crippen LogP contribution is 2.35. The second-order valence-electron chi connectivity index (χ2n) is 5.44. The Labute approximate surface area is 125 Å². The number of carbonyl (C=O) groups is 1. The number of aliphatic hydroxyl groups excluding tert-OH is 2. The maximum absolute atomic E-state index is 13.1. The Kier molecular flexibility index (Phi) is 5.73. The maximum Gasteiger partial charge on any atom is 0.233 e. The van der Waals surface area contributed by atoms with E-state index in [1.807, 2.05) is 30.3 Å². The van der Waals surface area contributed by atoms with Gasteiger partial charge in [0, 0.05) is 13.1 Å². The highest BCUT2D eigenvalue weighted by molar-refractivity contribution is 5.88. The summed E-state index contributed by atoms with van der Waals surface area (Å²) in [5, 5.41) is 21.7. The summed E-state index contributed by atoms with van der Waals surface area (Å²) in [7, 11) is 0. The lowest BCUT2D eigenvalue weighted by Gasteiger charge is -2.40. The number of piperidine rings is 1. The first-order valence-electron chi connectivity index (χ1n) is 7.52. The van der Waals surface area contributed by atoms with E-state index in [1.54, 1.807) is 4.90 Å². The molecule has 0 bridgehead atoms. The van der Waals surface area contributed by atoms with E-state index in [0.717, 1.165) is 31.5 Å². The van der Waals surface area contributed by atoms with Crippen molar-refractivity contribution in [3.05, 3.63) is 35.9 Å². The Morgan fingerprint density at radius 2 is 1.67 bits per heavy atom. The summed E-state index contributed by atoms with van der Waals surface area (Å²) in [4.78, 5) is 14.7. The molecule has 1 saturated heterocycles. The lowest BCUT2D eigenvalue weighted by Crippen LogP contribution is -2.53. The normalized spacial score (nSPS) is 17.4. The molecule has 21 heavy (non-hydrogen) atoms. The molecule has 1 aliphatic heterocycles. The Balaban J connectivity index is 2.32. The van der Waals surface area contributed by atoms with Gasteiger partial charge in [-0.3, -0.25) is 4.79 Å². The van der Waals surface area contributed by atoms with Crippen LogP contribution in [0.15, 0.2) is 30.3 Å². The summed E-state index contributed by atoms with van der Waals surface area (Å²) in [6.07, 6.45) is 1.48. The molecule has 0 atom stereocenters. The molecular formula is C16H24N2O3. The van der Waals surface area contributed by atoms with E-state index >= 15 is 0 Å². The van der Waals surface area contributed by atoms with Crippen molar-refractivity contribution in [3.63, 3.8) is 0 Å². The van der Waals surface area contributed by atoms with Crippen molar-refractivity contribution in [1.82, 2.24) is 10.2 Å². The van der Waals surface area contributed by atoms with Crippen molar-refractivity contribution in [2.24, 2.45) is 0 Å². The van der Waals surface area contributed by atoms with Gasteiger partial charge in [0.05, 0.1) is 18.6 Å². The van der Waals surface area contributed by atoms with Crippen molar-refractivity contribution in [2.75, 3.05) is 39.4 Å². The third kappa shape index (κ3) is 3.43. The predicted molar refractivity (Wildman–Crippen MR) is 81.0 cm³/mol. The Morgan fingerprint density at radius 1 is 1.10 bits per heavy atom. The Hall–Kier alpha value is -1.43. The number of aliphatic hydroxyl groups is 2. The standard InChI is InChI=1S/C16H24N2O3/c19-12-10-18(11-13-20)15(21)16(6-8-17-9-7-16)14-4-2-1-3-5-14/h1-5,17,19-20H,6-13H2. The molecule has 0 spiro atoms. The average molecular weight is 292 g/mol. The highest BCUT2D eigenvalue weighted by atomic mass is 16.3. The molecule has 1 aromatic carbocycles. The first kappa shape index (κ1) is 15.9. The summed E-state index contributed by atoms with van der Waals surface area (Å²) in [6, 6.07) is 9.85. The van der Waals surface area contributed by atoms with Crippen LogP contribution in [0.2, 0.25) is 0 Å². The summed E-state index contributed by atoms with van der Waals surface area (Å²) < 4.78 is 0. The monoisotopic (exact) mass is 292 g/mol. The predicted octanol–water partition coefficient (Wildman–Crippen LogP) is 0.121. The van der Waals surface area contributed by atoms with Crippen LogP contribution in [0.4, 0.5) is 0 Å². The molecule has 0 aromatic heterocycles. The number of hydrogen-bond acceptors (Lipinski definition) is 4. The van der Waals surface area contributed by atoms with Gasteiger partial charge in [-0.15, -0.1) is 0 Å². The topological polar surface area (TPSA) is 72.8 Å². The molecule has 2 rings (SSSR count). The molecular weight excluding hydrogens is 268 g/mol. The number of amides is 1. The molecule has 5 nitrogen and oxygen atoms in total. The first-order valence-corrected chi connectivity index (χ1v) is 7.52. The van der Waals surface area contributed by atoms with Crippen LogP contribution in [0.3, 0.4) is 0 Å². The number of carbonyl (C=O) groups excluding carboxylic acids is 1. The van der Waals surface area contributed by atoms with Crippen LogP contribution in [0.5, 0.6) is 0 Å². The van der Waals surface area contributed by atoms with Crippen molar-refractivity contribution >= 4 is 5.91 Å². The van der Waals surface area contributed by atoms with E-state index in [0.29, 0.717) is 0 Å². The van der Waals surface area contributed by atoms with Gasteiger partial charge in [0.2, 0.25) is 5.91 Å². The van der Waals surface area contributed by atoms with Crippen LogP contribution < -0.4 is 5.32 Å². The minimum absolute atomic E-state index is 0.0123. The fourth-order valence-corrected chi connectivity index (χ4v) is 3.10. The first-order chi connectivity index (χ1) is 10.2. The van der Waals surface area contributed by atoms with Crippen LogP contribution in [-0.4, -0.2) is 60.4 Å². The van der Waals surface area contributed by atoms with Gasteiger partial charge in [0.15, 0.2) is 0 Å². The maximum atomic E-state index is 13.1. The van der Waals surface area contributed by atoms with E-state index in [-0.39, 0.29) is 32.2 Å². The number of nitrogens with zero attached hydrogens (tertiary/aromatic N) is 1. The minimum atomic E-state index is -0.545. The fraction of sp³-hybridized carbons (Fsp3) is 0.562. The average Bonchev–Trinajstić information content (AvgIpc) is 2.55. The Bertz CT molecular complexity index is 438. The van der Waals surface area contributed by atoms with Crippen LogP contribution in [0, 0.1) is 0 Å². The SMILES string of the molecule is O=C(N(CCO)CCO)C1(c2ccccc2)CCNCC1. The van der Waals surface area contributed by atoms with E-state index < -0.39 is 5.41 Å². The molecule has 3 N–H and O–H groups in total. The molecule has 0 saturated carbocycles. The number of benzene rings is 1. The minimum Gasteiger partial charge on any atom is -0.395 e. The molecule has 116 valence electrons. The van der Waals surface area contributed by atoms with Gasteiger partial charge in [0.25, 0.3) is 0 Å². The van der Waals surface area contributed by atoms with Gasteiger partial charge < -0.3 is 20.4 Å². The lowest BCUT2D eigenvalue weighted by molar-refractivity contribution is -0.139. The zero-order valence-corrected chi connectivity index (χ0v) is 12.3. The summed E-state index contributed by atoms with van der Waals surface area (Å²) in [5.41, 5.74) is 0.481. The molecule has 1 aromatic rings. The number of rotatable bonds is 6. The molecule has 0 radical (unpaired) electrons. The molecule has 0 aliphatic carbocycles. The van der Waals surface area contributed by atoms with E-state index in [4.69, 9.17) is 0 Å². The van der Waals surface area contributed by atoms with E-state index in [9.17, 15) is 15.0 Å². The fourth-order valence-electron chi connectivity index (χ4n) is 3.10. The van der Waals surface area contributed by atoms with E-state index in [1.165, 1.54) is 0 Å². The van der Waals surface area contributed by atoms with Gasteiger partial charge >= 0.3 is 0 Å². The highest BCUT2D eigenvalue weighted by Gasteiger charge is 2.43. The molecule has 1 aliphatic rings. The summed E-state index contributed by atoms with van der Waals surface area (Å²) in [5.74, 6) is 0.0123. The van der Waals surface area contributed by atoms with Crippen LogP contribution >= 0.6 is 0 Å². The summed E-state index contributed by atoms with van der Waals surface area (Å²) in [6.45, 7) is 1.95. The van der Waals surface area contributed by atoms with Crippen LogP contribution in [0.1, 0.15) is 18.4 Å². The lowest BCUT2D eigenvalue weighted by atomic mass is 9.72. The van der Waals surface area contributed by atoms with Crippen LogP contribution in [0.25, 0.3) is 0 Å². The van der Waals surface area contributed by atoms with Gasteiger partial charge in [-0.25, -0.2) is 0 Å². The third-order valence-corrected chi connectivity index (χ3v) is 4.22. The second-order valence-corrected chi connectivity index (χ2v) is 5.44. The van der Waals surface area contributed by atoms with Gasteiger partial charge in [-0.2, -0.15) is 0 Å². The number of nitrogens with one attached hydrogen (secondary N) is 1. The smallest absolute Gasteiger partial charge is 0.233 e. The molecule has 1 amide bonds. The van der Waals surface area contributed by atoms with Crippen LogP contribution in [-0.2, 0) is 10.2 Å². The van der Waals surface area contributed by atoms with Crippen molar-refractivity contribution in [1.29, 1.82) is 0 Å². The molecule has 5 heteroatoms. The molecule has 0 unspecified atom stereocenters. The largest absolute Gasteiger partial charge is 0.395 e. The summed E-state index contributed by atoms with van der Waals surface area (Å²) >= 11 is 0. The van der Waals surface area contributed by atoms with Gasteiger partial charge in [-0.1, -0.05) is 30.3 Å². The zero-order valence-electron chi connectivity index (χ0n) is 12.3. The zero-order chi connectivity index (χ0) is 15.1. The molecule has 1 fully saturated rings.